The van der Waals surface area contributed by atoms with E-state index in [4.69, 9.17) is 0 Å². The summed E-state index contributed by atoms with van der Waals surface area (Å²) in [4.78, 5) is 31.9. The molecule has 7 heteroatoms. The molecule has 0 atom stereocenters. The highest BCUT2D eigenvalue weighted by Crippen LogP contribution is 2.17. The van der Waals surface area contributed by atoms with E-state index in [0.717, 1.165) is 11.3 Å². The van der Waals surface area contributed by atoms with Crippen LogP contribution in [0.1, 0.15) is 22.8 Å². The summed E-state index contributed by atoms with van der Waals surface area (Å²) in [5.41, 5.74) is 2.16. The lowest BCUT2D eigenvalue weighted by molar-refractivity contribution is -0.129. The Bertz CT molecular complexity index is 786. The molecule has 6 nitrogen and oxygen atoms in total. The minimum absolute atomic E-state index is 0.0803. The molecule has 1 fully saturated rings. The van der Waals surface area contributed by atoms with Crippen molar-refractivity contribution in [3.63, 3.8) is 0 Å². The minimum Gasteiger partial charge on any atom is -0.367 e. The molecule has 1 N–H and O–H groups in total. The highest BCUT2D eigenvalue weighted by atomic mass is 19.1. The molecule has 0 unspecified atom stereocenters. The Labute approximate surface area is 151 Å². The Morgan fingerprint density at radius 3 is 2.46 bits per heavy atom. The van der Waals surface area contributed by atoms with Crippen LogP contribution in [0.3, 0.4) is 0 Å². The largest absolute Gasteiger partial charge is 0.367 e. The van der Waals surface area contributed by atoms with Crippen LogP contribution in [0.2, 0.25) is 0 Å². The van der Waals surface area contributed by atoms with Crippen LogP contribution in [0.25, 0.3) is 0 Å². The van der Waals surface area contributed by atoms with Crippen molar-refractivity contribution in [3.8, 4) is 0 Å². The standard InChI is InChI=1S/C19H21FN4O2/c1-14(25)23-6-8-24(9-7-23)18-10-16(12-21-13-18)19(26)22-11-15-2-4-17(20)5-3-15/h2-5,10,12-13H,6-9,11H2,1H3,(H,22,26). The van der Waals surface area contributed by atoms with Gasteiger partial charge in [0.15, 0.2) is 0 Å². The number of nitrogens with zero attached hydrogens (tertiary/aromatic N) is 3. The molecule has 1 aromatic carbocycles. The Morgan fingerprint density at radius 2 is 1.81 bits per heavy atom. The van der Waals surface area contributed by atoms with Crippen molar-refractivity contribution < 1.29 is 14.0 Å². The number of carbonyl (C=O) groups excluding carboxylic acids is 2. The second-order valence-corrected chi connectivity index (χ2v) is 6.23. The molecule has 0 radical (unpaired) electrons. The lowest BCUT2D eigenvalue weighted by atomic mass is 10.2. The van der Waals surface area contributed by atoms with Crippen LogP contribution in [-0.4, -0.2) is 47.9 Å². The molecule has 2 amide bonds. The van der Waals surface area contributed by atoms with Gasteiger partial charge in [-0.15, -0.1) is 0 Å². The van der Waals surface area contributed by atoms with Crippen molar-refractivity contribution in [2.45, 2.75) is 13.5 Å². The van der Waals surface area contributed by atoms with Crippen molar-refractivity contribution in [2.75, 3.05) is 31.1 Å². The molecule has 0 saturated carbocycles. The van der Waals surface area contributed by atoms with Gasteiger partial charge in [0.25, 0.3) is 5.91 Å². The summed E-state index contributed by atoms with van der Waals surface area (Å²) in [5, 5.41) is 2.81. The van der Waals surface area contributed by atoms with E-state index in [1.807, 2.05) is 4.90 Å². The average Bonchev–Trinajstić information content (AvgIpc) is 2.67. The van der Waals surface area contributed by atoms with Crippen LogP contribution >= 0.6 is 0 Å². The topological polar surface area (TPSA) is 65.5 Å². The molecule has 2 aromatic rings. The van der Waals surface area contributed by atoms with Gasteiger partial charge in [-0.1, -0.05) is 12.1 Å². The van der Waals surface area contributed by atoms with Gasteiger partial charge >= 0.3 is 0 Å². The van der Waals surface area contributed by atoms with E-state index in [0.29, 0.717) is 38.3 Å². The number of amides is 2. The molecular formula is C19H21FN4O2. The number of pyridine rings is 1. The second kappa shape index (κ2) is 7.95. The summed E-state index contributed by atoms with van der Waals surface area (Å²) in [6.07, 6.45) is 3.25. The van der Waals surface area contributed by atoms with Crippen molar-refractivity contribution in [3.05, 3.63) is 59.7 Å². The first-order valence-corrected chi connectivity index (χ1v) is 8.51. The number of halogens is 1. The lowest BCUT2D eigenvalue weighted by Gasteiger charge is -2.35. The smallest absolute Gasteiger partial charge is 0.253 e. The van der Waals surface area contributed by atoms with Crippen LogP contribution in [0.4, 0.5) is 10.1 Å². The first kappa shape index (κ1) is 17.8. The molecule has 136 valence electrons. The van der Waals surface area contributed by atoms with Crippen LogP contribution in [0.5, 0.6) is 0 Å². The summed E-state index contributed by atoms with van der Waals surface area (Å²) >= 11 is 0. The molecule has 1 aliphatic heterocycles. The third-order valence-corrected chi connectivity index (χ3v) is 4.44. The quantitative estimate of drug-likeness (QED) is 0.908. The zero-order valence-electron chi connectivity index (χ0n) is 14.6. The van der Waals surface area contributed by atoms with E-state index in [1.165, 1.54) is 18.3 Å². The van der Waals surface area contributed by atoms with Crippen molar-refractivity contribution in [2.24, 2.45) is 0 Å². The Balaban J connectivity index is 1.60. The molecule has 0 bridgehead atoms. The number of hydrogen-bond donors (Lipinski definition) is 1. The fourth-order valence-corrected chi connectivity index (χ4v) is 2.89. The van der Waals surface area contributed by atoms with Gasteiger partial charge in [-0.25, -0.2) is 4.39 Å². The highest BCUT2D eigenvalue weighted by Gasteiger charge is 2.19. The summed E-state index contributed by atoms with van der Waals surface area (Å²) < 4.78 is 12.9. The van der Waals surface area contributed by atoms with Crippen LogP contribution in [0, 0.1) is 5.82 Å². The molecule has 0 aliphatic carbocycles. The molecule has 0 spiro atoms. The first-order chi connectivity index (χ1) is 12.5. The summed E-state index contributed by atoms with van der Waals surface area (Å²) in [5.74, 6) is -0.454. The third-order valence-electron chi connectivity index (χ3n) is 4.44. The average molecular weight is 356 g/mol. The molecule has 26 heavy (non-hydrogen) atoms. The third kappa shape index (κ3) is 4.36. The van der Waals surface area contributed by atoms with E-state index in [2.05, 4.69) is 15.2 Å². The van der Waals surface area contributed by atoms with Gasteiger partial charge in [0.2, 0.25) is 5.91 Å². The van der Waals surface area contributed by atoms with Gasteiger partial charge in [-0.2, -0.15) is 0 Å². The van der Waals surface area contributed by atoms with Crippen molar-refractivity contribution >= 4 is 17.5 Å². The number of rotatable bonds is 4. The van der Waals surface area contributed by atoms with E-state index in [1.54, 1.807) is 31.3 Å². The predicted octanol–water partition coefficient (Wildman–Crippen LogP) is 1.82. The maximum Gasteiger partial charge on any atom is 0.253 e. The van der Waals surface area contributed by atoms with E-state index >= 15 is 0 Å². The second-order valence-electron chi connectivity index (χ2n) is 6.23. The number of carbonyl (C=O) groups is 2. The van der Waals surface area contributed by atoms with Crippen LogP contribution in [0.15, 0.2) is 42.7 Å². The summed E-state index contributed by atoms with van der Waals surface area (Å²) in [6, 6.07) is 7.81. The molecule has 2 heterocycles. The number of nitrogens with one attached hydrogen (secondary N) is 1. The number of anilines is 1. The van der Waals surface area contributed by atoms with Crippen molar-refractivity contribution in [1.29, 1.82) is 0 Å². The van der Waals surface area contributed by atoms with Crippen LogP contribution in [-0.2, 0) is 11.3 Å². The van der Waals surface area contributed by atoms with Gasteiger partial charge in [0.05, 0.1) is 17.4 Å². The monoisotopic (exact) mass is 356 g/mol. The molecule has 1 saturated heterocycles. The van der Waals surface area contributed by atoms with Gasteiger partial charge < -0.3 is 15.1 Å². The zero-order chi connectivity index (χ0) is 18.5. The van der Waals surface area contributed by atoms with Gasteiger partial charge in [0.1, 0.15) is 5.82 Å². The number of piperazine rings is 1. The Morgan fingerprint density at radius 1 is 1.12 bits per heavy atom. The maximum absolute atomic E-state index is 12.9. The van der Waals surface area contributed by atoms with Gasteiger partial charge in [-0.05, 0) is 23.8 Å². The summed E-state index contributed by atoms with van der Waals surface area (Å²) in [7, 11) is 0. The Hall–Kier alpha value is -2.96. The highest BCUT2D eigenvalue weighted by molar-refractivity contribution is 5.94. The number of hydrogen-bond acceptors (Lipinski definition) is 4. The maximum atomic E-state index is 12.9. The van der Waals surface area contributed by atoms with Gasteiger partial charge in [0, 0.05) is 45.8 Å². The Kier molecular flexibility index (Phi) is 5.46. The van der Waals surface area contributed by atoms with Crippen LogP contribution < -0.4 is 10.2 Å². The summed E-state index contributed by atoms with van der Waals surface area (Å²) in [6.45, 7) is 4.64. The lowest BCUT2D eigenvalue weighted by Crippen LogP contribution is -2.48. The molecular weight excluding hydrogens is 335 g/mol. The first-order valence-electron chi connectivity index (χ1n) is 8.51. The molecule has 3 rings (SSSR count). The minimum atomic E-state index is -0.304. The molecule has 1 aromatic heterocycles. The van der Waals surface area contributed by atoms with E-state index in [-0.39, 0.29) is 17.6 Å². The fraction of sp³-hybridized carbons (Fsp3) is 0.316. The van der Waals surface area contributed by atoms with E-state index in [9.17, 15) is 14.0 Å². The SMILES string of the molecule is CC(=O)N1CCN(c2cncc(C(=O)NCc3ccc(F)cc3)c2)CC1. The molecule has 1 aliphatic rings. The van der Waals surface area contributed by atoms with Gasteiger partial charge in [-0.3, -0.25) is 14.6 Å². The van der Waals surface area contributed by atoms with Crippen molar-refractivity contribution in [1.82, 2.24) is 15.2 Å². The fourth-order valence-electron chi connectivity index (χ4n) is 2.89. The normalized spacial score (nSPS) is 14.2. The number of aromatic nitrogens is 1. The van der Waals surface area contributed by atoms with E-state index < -0.39 is 0 Å². The predicted molar refractivity (Wildman–Crippen MR) is 96.3 cm³/mol. The zero-order valence-corrected chi connectivity index (χ0v) is 14.6. The number of benzene rings is 1.